The van der Waals surface area contributed by atoms with E-state index in [0.717, 1.165) is 11.3 Å². The van der Waals surface area contributed by atoms with E-state index in [0.29, 0.717) is 22.7 Å². The van der Waals surface area contributed by atoms with Gasteiger partial charge in [-0.3, -0.25) is 9.59 Å². The van der Waals surface area contributed by atoms with Crippen LogP contribution in [-0.2, 0) is 6.54 Å². The Labute approximate surface area is 178 Å². The van der Waals surface area contributed by atoms with E-state index < -0.39 is 0 Å². The van der Waals surface area contributed by atoms with E-state index in [2.05, 4.69) is 10.4 Å². The van der Waals surface area contributed by atoms with E-state index in [1.165, 1.54) is 11.3 Å². The van der Waals surface area contributed by atoms with Gasteiger partial charge in [-0.15, -0.1) is 11.3 Å². The predicted octanol–water partition coefficient (Wildman–Crippen LogP) is 4.46. The first-order valence-electron chi connectivity index (χ1n) is 9.39. The minimum Gasteiger partial charge on any atom is -0.337 e. The van der Waals surface area contributed by atoms with Gasteiger partial charge in [0.05, 0.1) is 16.8 Å². The molecule has 2 amide bonds. The van der Waals surface area contributed by atoms with Crippen molar-refractivity contribution in [1.29, 1.82) is 0 Å². The van der Waals surface area contributed by atoms with Crippen LogP contribution in [0, 0.1) is 0 Å². The van der Waals surface area contributed by atoms with Gasteiger partial charge >= 0.3 is 0 Å². The van der Waals surface area contributed by atoms with E-state index >= 15 is 0 Å². The van der Waals surface area contributed by atoms with Crippen molar-refractivity contribution in [2.45, 2.75) is 6.54 Å². The molecule has 0 saturated heterocycles. The van der Waals surface area contributed by atoms with E-state index in [4.69, 9.17) is 0 Å². The fraction of sp³-hybridized carbons (Fsp3) is 0.0870. The molecule has 4 rings (SSSR count). The third-order valence-corrected chi connectivity index (χ3v) is 5.40. The molecule has 0 aliphatic rings. The molecule has 0 aliphatic carbocycles. The van der Waals surface area contributed by atoms with Crippen LogP contribution in [-0.4, -0.2) is 33.5 Å². The number of carbonyl (C=O) groups is 2. The second-order valence-corrected chi connectivity index (χ2v) is 7.75. The van der Waals surface area contributed by atoms with E-state index in [-0.39, 0.29) is 11.8 Å². The Hall–Kier alpha value is -3.71. The van der Waals surface area contributed by atoms with Gasteiger partial charge in [0.15, 0.2) is 0 Å². The SMILES string of the molecule is CN(Cc1cnn(-c2ccccc2)c1)C(=O)c1cccc(NC(=O)c2cccs2)c1. The van der Waals surface area contributed by atoms with Gasteiger partial charge in [-0.2, -0.15) is 5.10 Å². The van der Waals surface area contributed by atoms with Gasteiger partial charge in [0, 0.05) is 36.6 Å². The minimum absolute atomic E-state index is 0.130. The van der Waals surface area contributed by atoms with Crippen molar-refractivity contribution in [3.8, 4) is 5.69 Å². The van der Waals surface area contributed by atoms with E-state index in [1.54, 1.807) is 53.2 Å². The molecule has 0 fully saturated rings. The number of amides is 2. The quantitative estimate of drug-likeness (QED) is 0.505. The Balaban J connectivity index is 1.43. The molecule has 2 heterocycles. The first-order chi connectivity index (χ1) is 14.6. The second kappa shape index (κ2) is 8.75. The first kappa shape index (κ1) is 19.6. The Morgan fingerprint density at radius 2 is 1.90 bits per heavy atom. The second-order valence-electron chi connectivity index (χ2n) is 6.80. The van der Waals surface area contributed by atoms with E-state index in [9.17, 15) is 9.59 Å². The van der Waals surface area contributed by atoms with Gasteiger partial charge in [0.1, 0.15) is 0 Å². The zero-order valence-corrected chi connectivity index (χ0v) is 17.2. The maximum Gasteiger partial charge on any atom is 0.265 e. The Morgan fingerprint density at radius 3 is 2.67 bits per heavy atom. The molecule has 0 aliphatic heterocycles. The molecule has 4 aromatic rings. The number of para-hydroxylation sites is 1. The van der Waals surface area contributed by atoms with Crippen molar-refractivity contribution in [1.82, 2.24) is 14.7 Å². The van der Waals surface area contributed by atoms with E-state index in [1.807, 2.05) is 48.0 Å². The van der Waals surface area contributed by atoms with Gasteiger partial charge < -0.3 is 10.2 Å². The summed E-state index contributed by atoms with van der Waals surface area (Å²) in [6.07, 6.45) is 3.67. The lowest BCUT2D eigenvalue weighted by Gasteiger charge is -2.17. The number of nitrogens with one attached hydrogen (secondary N) is 1. The van der Waals surface area contributed by atoms with Crippen molar-refractivity contribution in [3.05, 3.63) is 101 Å². The fourth-order valence-corrected chi connectivity index (χ4v) is 3.68. The van der Waals surface area contributed by atoms with Gasteiger partial charge in [-0.05, 0) is 41.8 Å². The van der Waals surface area contributed by atoms with Crippen molar-refractivity contribution >= 4 is 28.8 Å². The number of rotatable bonds is 6. The van der Waals surface area contributed by atoms with Crippen LogP contribution >= 0.6 is 11.3 Å². The van der Waals surface area contributed by atoms with Crippen LogP contribution in [0.1, 0.15) is 25.6 Å². The van der Waals surface area contributed by atoms with Gasteiger partial charge in [-0.1, -0.05) is 30.3 Å². The molecule has 2 aromatic heterocycles. The monoisotopic (exact) mass is 416 g/mol. The molecular weight excluding hydrogens is 396 g/mol. The number of hydrogen-bond acceptors (Lipinski definition) is 4. The highest BCUT2D eigenvalue weighted by Gasteiger charge is 2.15. The number of thiophene rings is 1. The third-order valence-electron chi connectivity index (χ3n) is 4.54. The molecule has 30 heavy (non-hydrogen) atoms. The summed E-state index contributed by atoms with van der Waals surface area (Å²) < 4.78 is 1.79. The van der Waals surface area contributed by atoms with Crippen LogP contribution < -0.4 is 5.32 Å². The largest absolute Gasteiger partial charge is 0.337 e. The number of aromatic nitrogens is 2. The molecule has 0 radical (unpaired) electrons. The van der Waals surface area contributed by atoms with Crippen molar-refractivity contribution < 1.29 is 9.59 Å². The lowest BCUT2D eigenvalue weighted by molar-refractivity contribution is 0.0784. The van der Waals surface area contributed by atoms with Crippen molar-refractivity contribution in [2.24, 2.45) is 0 Å². The van der Waals surface area contributed by atoms with Crippen LogP contribution in [0.25, 0.3) is 5.69 Å². The summed E-state index contributed by atoms with van der Waals surface area (Å²) in [7, 11) is 1.75. The van der Waals surface area contributed by atoms with Crippen LogP contribution in [0.3, 0.4) is 0 Å². The number of anilines is 1. The summed E-state index contributed by atoms with van der Waals surface area (Å²) in [5, 5.41) is 9.06. The zero-order valence-electron chi connectivity index (χ0n) is 16.4. The summed E-state index contributed by atoms with van der Waals surface area (Å²) in [5.41, 5.74) is 2.99. The lowest BCUT2D eigenvalue weighted by atomic mass is 10.1. The molecule has 0 bridgehead atoms. The average Bonchev–Trinajstić information content (AvgIpc) is 3.46. The summed E-state index contributed by atoms with van der Waals surface area (Å²) in [4.78, 5) is 27.4. The minimum atomic E-state index is -0.184. The maximum absolute atomic E-state index is 12.9. The van der Waals surface area contributed by atoms with Gasteiger partial charge in [-0.25, -0.2) is 4.68 Å². The molecule has 0 spiro atoms. The molecule has 1 N–H and O–H groups in total. The Bertz CT molecular complexity index is 1150. The fourth-order valence-electron chi connectivity index (χ4n) is 3.06. The summed E-state index contributed by atoms with van der Waals surface area (Å²) in [6.45, 7) is 0.428. The van der Waals surface area contributed by atoms with Crippen molar-refractivity contribution in [2.75, 3.05) is 12.4 Å². The number of benzene rings is 2. The first-order valence-corrected chi connectivity index (χ1v) is 10.3. The normalized spacial score (nSPS) is 10.6. The zero-order chi connectivity index (χ0) is 20.9. The average molecular weight is 417 g/mol. The molecular formula is C23H20N4O2S. The molecule has 6 nitrogen and oxygen atoms in total. The number of nitrogens with zero attached hydrogens (tertiary/aromatic N) is 3. The number of carbonyl (C=O) groups excluding carboxylic acids is 2. The lowest BCUT2D eigenvalue weighted by Crippen LogP contribution is -2.26. The summed E-state index contributed by atoms with van der Waals surface area (Å²) in [5.74, 6) is -0.314. The highest BCUT2D eigenvalue weighted by Crippen LogP contribution is 2.17. The molecule has 0 saturated carbocycles. The Morgan fingerprint density at radius 1 is 1.07 bits per heavy atom. The topological polar surface area (TPSA) is 67.2 Å². The maximum atomic E-state index is 12.9. The summed E-state index contributed by atoms with van der Waals surface area (Å²) in [6, 6.07) is 20.4. The number of hydrogen-bond donors (Lipinski definition) is 1. The van der Waals surface area contributed by atoms with Gasteiger partial charge in [0.25, 0.3) is 11.8 Å². The van der Waals surface area contributed by atoms with Gasteiger partial charge in [0.2, 0.25) is 0 Å². The smallest absolute Gasteiger partial charge is 0.265 e. The molecule has 150 valence electrons. The van der Waals surface area contributed by atoms with Crippen molar-refractivity contribution in [3.63, 3.8) is 0 Å². The van der Waals surface area contributed by atoms with Crippen LogP contribution in [0.4, 0.5) is 5.69 Å². The Kier molecular flexibility index (Phi) is 5.72. The highest BCUT2D eigenvalue weighted by molar-refractivity contribution is 7.12. The van der Waals surface area contributed by atoms with Crippen LogP contribution in [0.5, 0.6) is 0 Å². The predicted molar refractivity (Wildman–Crippen MR) is 118 cm³/mol. The highest BCUT2D eigenvalue weighted by atomic mass is 32.1. The molecule has 0 atom stereocenters. The standard InChI is InChI=1S/C23H20N4O2S/c1-26(15-17-14-24-27(16-17)20-9-3-2-4-10-20)23(29)18-7-5-8-19(13-18)25-22(28)21-11-6-12-30-21/h2-14,16H,15H2,1H3,(H,25,28). The van der Waals surface area contributed by atoms with Crippen LogP contribution in [0.2, 0.25) is 0 Å². The summed E-state index contributed by atoms with van der Waals surface area (Å²) >= 11 is 1.37. The molecule has 7 heteroatoms. The third kappa shape index (κ3) is 4.47. The molecule has 0 unspecified atom stereocenters. The van der Waals surface area contributed by atoms with Crippen LogP contribution in [0.15, 0.2) is 84.5 Å². The molecule has 2 aromatic carbocycles.